The summed E-state index contributed by atoms with van der Waals surface area (Å²) in [6.45, 7) is 2.91. The Kier molecular flexibility index (Phi) is 6.70. The number of piperidine rings is 1. The molecule has 0 bridgehead atoms. The highest BCUT2D eigenvalue weighted by Gasteiger charge is 2.55. The van der Waals surface area contributed by atoms with Crippen molar-refractivity contribution in [1.82, 2.24) is 10.2 Å². The highest BCUT2D eigenvalue weighted by molar-refractivity contribution is 5.80. The number of nitrogens with two attached hydrogens (primary N) is 2. The molecule has 0 radical (unpaired) electrons. The molecule has 10 heteroatoms. The van der Waals surface area contributed by atoms with Gasteiger partial charge in [-0.05, 0) is 80.7 Å². The molecule has 7 N–H and O–H groups in total. The van der Waals surface area contributed by atoms with Gasteiger partial charge in [0.05, 0.1) is 17.5 Å². The second-order valence-electron chi connectivity index (χ2n) is 10.4. The summed E-state index contributed by atoms with van der Waals surface area (Å²) in [6.07, 6.45) is 1.84. The van der Waals surface area contributed by atoms with Crippen molar-refractivity contribution in [2.45, 2.75) is 63.8 Å². The molecule has 1 aromatic rings. The molecule has 3 fully saturated rings. The summed E-state index contributed by atoms with van der Waals surface area (Å²) in [4.78, 5) is 14.8. The minimum absolute atomic E-state index is 0.0305. The van der Waals surface area contributed by atoms with E-state index in [0.717, 1.165) is 50.7 Å². The van der Waals surface area contributed by atoms with E-state index in [4.69, 9.17) is 11.5 Å². The lowest BCUT2D eigenvalue weighted by Gasteiger charge is -2.56. The summed E-state index contributed by atoms with van der Waals surface area (Å²) in [5, 5.41) is 22.8. The molecule has 1 saturated heterocycles. The van der Waals surface area contributed by atoms with Crippen LogP contribution in [0.5, 0.6) is 5.75 Å². The van der Waals surface area contributed by atoms with Gasteiger partial charge in [0, 0.05) is 36.3 Å². The molecule has 1 amide bonds. The van der Waals surface area contributed by atoms with Gasteiger partial charge in [0.15, 0.2) is 0 Å². The number of likely N-dealkylation sites (tertiary alicyclic amines) is 1. The number of benzene rings is 1. The molecule has 1 atom stereocenters. The Hall–Kier alpha value is -2.88. The van der Waals surface area contributed by atoms with Gasteiger partial charge in [0.1, 0.15) is 5.75 Å². The highest BCUT2D eigenvalue weighted by Crippen LogP contribution is 2.59. The van der Waals surface area contributed by atoms with Gasteiger partial charge in [-0.1, -0.05) is 0 Å². The van der Waals surface area contributed by atoms with Crippen LogP contribution in [0.1, 0.15) is 56.6 Å². The van der Waals surface area contributed by atoms with Gasteiger partial charge in [0.25, 0.3) is 0 Å². The first-order valence-corrected chi connectivity index (χ1v) is 11.9. The largest absolute Gasteiger partial charge is 0.507 e. The van der Waals surface area contributed by atoms with Crippen molar-refractivity contribution >= 4 is 11.6 Å². The number of amides is 1. The van der Waals surface area contributed by atoms with Gasteiger partial charge in [-0.3, -0.25) is 4.79 Å². The fourth-order valence-corrected chi connectivity index (χ4v) is 5.72. The number of carbonyl (C=O) groups excluding carboxylic acids is 1. The highest BCUT2D eigenvalue weighted by atomic mass is 19.4. The zero-order chi connectivity index (χ0) is 25.5. The fourth-order valence-electron chi connectivity index (χ4n) is 5.72. The molecule has 2 saturated carbocycles. The van der Waals surface area contributed by atoms with Crippen molar-refractivity contribution in [3.05, 3.63) is 46.8 Å². The number of halogens is 3. The summed E-state index contributed by atoms with van der Waals surface area (Å²) in [5.41, 5.74) is 12.2. The number of nitrogens with one attached hydrogen (secondary N) is 1. The van der Waals surface area contributed by atoms with Crippen LogP contribution in [0.3, 0.4) is 0 Å². The number of phenols is 1. The first-order valence-electron chi connectivity index (χ1n) is 11.9. The van der Waals surface area contributed by atoms with Gasteiger partial charge in [-0.25, -0.2) is 0 Å². The van der Waals surface area contributed by atoms with Crippen molar-refractivity contribution in [2.75, 3.05) is 13.1 Å². The molecule has 4 rings (SSSR count). The van der Waals surface area contributed by atoms with Crippen LogP contribution in [-0.2, 0) is 11.0 Å². The Morgan fingerprint density at radius 1 is 1.23 bits per heavy atom. The van der Waals surface area contributed by atoms with Gasteiger partial charge < -0.3 is 31.9 Å². The molecule has 35 heavy (non-hydrogen) atoms. The smallest absolute Gasteiger partial charge is 0.416 e. The Morgan fingerprint density at radius 2 is 1.91 bits per heavy atom. The fraction of sp³-hybridized carbons (Fsp3) is 0.560. The molecule has 1 heterocycles. The molecule has 7 nitrogen and oxygen atoms in total. The van der Waals surface area contributed by atoms with Gasteiger partial charge in [-0.15, -0.1) is 0 Å². The van der Waals surface area contributed by atoms with Crippen molar-refractivity contribution in [3.8, 4) is 5.75 Å². The van der Waals surface area contributed by atoms with Gasteiger partial charge >= 0.3 is 6.18 Å². The molecular weight excluding hydrogens is 461 g/mol. The van der Waals surface area contributed by atoms with Crippen LogP contribution in [0.4, 0.5) is 13.2 Å². The topological polar surface area (TPSA) is 125 Å². The molecule has 1 aliphatic heterocycles. The second-order valence-corrected chi connectivity index (χ2v) is 10.4. The quantitative estimate of drug-likeness (QED) is 0.401. The van der Waals surface area contributed by atoms with Crippen molar-refractivity contribution in [2.24, 2.45) is 22.8 Å². The Balaban J connectivity index is 1.35. The number of alkyl halides is 3. The van der Waals surface area contributed by atoms with Crippen molar-refractivity contribution in [3.63, 3.8) is 0 Å². The number of aromatic hydroxyl groups is 1. The number of nitrogens with zero attached hydrogens (tertiary/aromatic N) is 1. The maximum Gasteiger partial charge on any atom is 0.416 e. The summed E-state index contributed by atoms with van der Waals surface area (Å²) >= 11 is 0. The SMILES string of the molecule is CC(/C=C(\N)NC1CCCN(C(=O)C2CC3(CC(O)C3)C2)C1)=C(/N)c1ccc(C(F)(F)F)cc1O. The van der Waals surface area contributed by atoms with E-state index in [1.807, 2.05) is 4.90 Å². The van der Waals surface area contributed by atoms with Crippen molar-refractivity contribution < 1.29 is 28.2 Å². The molecule has 2 aliphatic carbocycles. The number of allylic oxidation sites excluding steroid dienone is 2. The third-order valence-electron chi connectivity index (χ3n) is 7.56. The summed E-state index contributed by atoms with van der Waals surface area (Å²) in [7, 11) is 0. The third-order valence-corrected chi connectivity index (χ3v) is 7.56. The number of carbonyl (C=O) groups is 1. The van der Waals surface area contributed by atoms with Gasteiger partial charge in [-0.2, -0.15) is 13.2 Å². The molecule has 1 unspecified atom stereocenters. The van der Waals surface area contributed by atoms with E-state index >= 15 is 0 Å². The van der Waals surface area contributed by atoms with E-state index in [2.05, 4.69) is 5.32 Å². The predicted molar refractivity (Wildman–Crippen MR) is 125 cm³/mol. The van der Waals surface area contributed by atoms with E-state index in [1.54, 1.807) is 13.0 Å². The standard InChI is InChI=1S/C25H33F3N4O3/c1-14(22(30)19-5-4-16(8-20(19)34)25(26,27)28)7-21(29)31-17-3-2-6-32(13-17)23(35)15-9-24(10-15)11-18(33)12-24/h4-5,7-8,15,17-18,31,33-34H,2-3,6,9-13,29-30H2,1H3/b21-7+,22-14-. The molecule has 1 aromatic carbocycles. The van der Waals surface area contributed by atoms with E-state index in [9.17, 15) is 28.2 Å². The zero-order valence-electron chi connectivity index (χ0n) is 19.7. The lowest BCUT2D eigenvalue weighted by atomic mass is 9.50. The number of rotatable bonds is 5. The Labute approximate surface area is 202 Å². The van der Waals surface area contributed by atoms with Crippen LogP contribution in [0.15, 0.2) is 35.7 Å². The maximum atomic E-state index is 12.9. The molecule has 1 spiro atoms. The third kappa shape index (κ3) is 5.37. The molecular formula is C25H33F3N4O3. The predicted octanol–water partition coefficient (Wildman–Crippen LogP) is 3.03. The van der Waals surface area contributed by atoms with Crippen LogP contribution in [0.25, 0.3) is 5.70 Å². The number of phenolic OH excluding ortho intramolecular Hbond substituents is 1. The average Bonchev–Trinajstić information content (AvgIpc) is 2.73. The zero-order valence-corrected chi connectivity index (χ0v) is 19.7. The van der Waals surface area contributed by atoms with Crippen LogP contribution in [0, 0.1) is 11.3 Å². The van der Waals surface area contributed by atoms with Gasteiger partial charge in [0.2, 0.25) is 5.91 Å². The normalized spacial score (nSPS) is 29.8. The van der Waals surface area contributed by atoms with Crippen LogP contribution >= 0.6 is 0 Å². The average molecular weight is 495 g/mol. The monoisotopic (exact) mass is 494 g/mol. The minimum atomic E-state index is -4.56. The van der Waals surface area contributed by atoms with Crippen LogP contribution < -0.4 is 16.8 Å². The number of hydrogen-bond acceptors (Lipinski definition) is 6. The lowest BCUT2D eigenvalue weighted by molar-refractivity contribution is -0.158. The van der Waals surface area contributed by atoms with E-state index < -0.39 is 17.5 Å². The molecule has 0 aromatic heterocycles. The Bertz CT molecular complexity index is 1040. The number of aliphatic hydroxyl groups is 1. The summed E-state index contributed by atoms with van der Waals surface area (Å²) < 4.78 is 38.5. The van der Waals surface area contributed by atoms with Crippen LogP contribution in [0.2, 0.25) is 0 Å². The van der Waals surface area contributed by atoms with Crippen LogP contribution in [-0.4, -0.2) is 46.3 Å². The minimum Gasteiger partial charge on any atom is -0.507 e. The first-order chi connectivity index (χ1) is 16.4. The second kappa shape index (κ2) is 9.29. The molecule has 3 aliphatic rings. The molecule has 192 valence electrons. The van der Waals surface area contributed by atoms with E-state index in [0.29, 0.717) is 30.5 Å². The lowest BCUT2D eigenvalue weighted by Crippen LogP contribution is -2.56. The summed E-state index contributed by atoms with van der Waals surface area (Å²) in [5.74, 6) is -0.0332. The first kappa shape index (κ1) is 25.2. The number of hydrogen-bond donors (Lipinski definition) is 5. The van der Waals surface area contributed by atoms with Crippen molar-refractivity contribution in [1.29, 1.82) is 0 Å². The maximum absolute atomic E-state index is 12.9. The van der Waals surface area contributed by atoms with E-state index in [-0.39, 0.29) is 40.6 Å². The summed E-state index contributed by atoms with van der Waals surface area (Å²) in [6, 6.07) is 2.61. The number of aliphatic hydroxyl groups excluding tert-OH is 1. The van der Waals surface area contributed by atoms with E-state index in [1.165, 1.54) is 0 Å². The Morgan fingerprint density at radius 3 is 2.51 bits per heavy atom.